The molecule has 0 saturated heterocycles. The van der Waals surface area contributed by atoms with Gasteiger partial charge in [-0.05, 0) is 31.2 Å². The van der Waals surface area contributed by atoms with Crippen LogP contribution in [0, 0.1) is 11.6 Å². The molecule has 0 spiro atoms. The summed E-state index contributed by atoms with van der Waals surface area (Å²) in [6.45, 7) is 3.93. The Morgan fingerprint density at radius 3 is 1.78 bits per heavy atom. The number of phenols is 2. The van der Waals surface area contributed by atoms with Crippen LogP contribution in [0.1, 0.15) is 50.7 Å². The third-order valence-corrected chi connectivity index (χ3v) is 3.10. The first-order chi connectivity index (χ1) is 8.54. The van der Waals surface area contributed by atoms with Gasteiger partial charge in [0.05, 0.1) is 0 Å². The molecule has 2 N–H and O–H groups in total. The number of hydrogen-bond donors (Lipinski definition) is 2. The van der Waals surface area contributed by atoms with Gasteiger partial charge in [0.25, 0.3) is 0 Å². The van der Waals surface area contributed by atoms with Crippen molar-refractivity contribution in [3.05, 3.63) is 22.8 Å². The Kier molecular flexibility index (Phi) is 5.38. The zero-order valence-corrected chi connectivity index (χ0v) is 10.9. The monoisotopic (exact) mass is 258 g/mol. The maximum Gasteiger partial charge on any atom is 0.204 e. The molecule has 0 aliphatic carbocycles. The van der Waals surface area contributed by atoms with Crippen molar-refractivity contribution in [1.29, 1.82) is 0 Å². The summed E-state index contributed by atoms with van der Waals surface area (Å²) in [7, 11) is 0. The van der Waals surface area contributed by atoms with Gasteiger partial charge in [-0.25, -0.2) is 4.39 Å². The van der Waals surface area contributed by atoms with Crippen LogP contribution in [-0.4, -0.2) is 10.2 Å². The fourth-order valence-electron chi connectivity index (χ4n) is 2.00. The van der Waals surface area contributed by atoms with Crippen LogP contribution in [0.3, 0.4) is 0 Å². The number of phenolic OH excluding ortho intramolecular Hbond substituents is 2. The van der Waals surface area contributed by atoms with E-state index in [1.54, 1.807) is 0 Å². The molecule has 1 rings (SSSR count). The standard InChI is InChI=1S/C14H20F2O2/c1-3-5-7-9-10(8-6-4-2)13(17)14(18)12(16)11(9)15/h17-18H,3-8H2,1-2H3. The van der Waals surface area contributed by atoms with Crippen molar-refractivity contribution in [2.24, 2.45) is 0 Å². The van der Waals surface area contributed by atoms with Crippen LogP contribution in [0.5, 0.6) is 11.5 Å². The van der Waals surface area contributed by atoms with E-state index >= 15 is 0 Å². The van der Waals surface area contributed by atoms with Gasteiger partial charge in [-0.2, -0.15) is 4.39 Å². The number of benzene rings is 1. The highest BCUT2D eigenvalue weighted by atomic mass is 19.2. The summed E-state index contributed by atoms with van der Waals surface area (Å²) >= 11 is 0. The quantitative estimate of drug-likeness (QED) is 0.755. The molecular weight excluding hydrogens is 238 g/mol. The normalized spacial score (nSPS) is 10.9. The van der Waals surface area contributed by atoms with Crippen molar-refractivity contribution in [3.63, 3.8) is 0 Å². The van der Waals surface area contributed by atoms with Gasteiger partial charge >= 0.3 is 0 Å². The third kappa shape index (κ3) is 2.92. The molecule has 0 bridgehead atoms. The number of aromatic hydroxyl groups is 2. The van der Waals surface area contributed by atoms with Gasteiger partial charge in [0, 0.05) is 5.56 Å². The summed E-state index contributed by atoms with van der Waals surface area (Å²) in [4.78, 5) is 0. The van der Waals surface area contributed by atoms with E-state index in [0.717, 1.165) is 25.7 Å². The van der Waals surface area contributed by atoms with Gasteiger partial charge in [-0.1, -0.05) is 26.7 Å². The second kappa shape index (κ2) is 6.57. The third-order valence-electron chi connectivity index (χ3n) is 3.10. The first kappa shape index (κ1) is 14.7. The summed E-state index contributed by atoms with van der Waals surface area (Å²) in [5, 5.41) is 19.1. The van der Waals surface area contributed by atoms with Crippen LogP contribution in [-0.2, 0) is 12.8 Å². The molecule has 102 valence electrons. The molecule has 1 aromatic carbocycles. The SMILES string of the molecule is CCCCc1c(O)c(O)c(F)c(F)c1CCCC. The molecule has 18 heavy (non-hydrogen) atoms. The lowest BCUT2D eigenvalue weighted by Gasteiger charge is -2.14. The summed E-state index contributed by atoms with van der Waals surface area (Å²) in [5.41, 5.74) is 0.555. The summed E-state index contributed by atoms with van der Waals surface area (Å²) < 4.78 is 27.2. The second-order valence-electron chi connectivity index (χ2n) is 4.49. The highest BCUT2D eigenvalue weighted by Gasteiger charge is 2.23. The molecule has 0 radical (unpaired) electrons. The van der Waals surface area contributed by atoms with Crippen LogP contribution in [0.25, 0.3) is 0 Å². The molecule has 0 aromatic heterocycles. The van der Waals surface area contributed by atoms with Gasteiger partial charge in [-0.15, -0.1) is 0 Å². The van der Waals surface area contributed by atoms with E-state index in [-0.39, 0.29) is 5.56 Å². The highest BCUT2D eigenvalue weighted by molar-refractivity contribution is 5.51. The van der Waals surface area contributed by atoms with Gasteiger partial charge < -0.3 is 10.2 Å². The summed E-state index contributed by atoms with van der Waals surface area (Å²) in [6.07, 6.45) is 4.05. The molecule has 0 unspecified atom stereocenters. The van der Waals surface area contributed by atoms with Crippen molar-refractivity contribution in [2.75, 3.05) is 0 Å². The Balaban J connectivity index is 3.24. The maximum absolute atomic E-state index is 13.8. The Morgan fingerprint density at radius 1 is 0.778 bits per heavy atom. The average molecular weight is 258 g/mol. The minimum Gasteiger partial charge on any atom is -0.504 e. The van der Waals surface area contributed by atoms with Gasteiger partial charge in [0.15, 0.2) is 17.3 Å². The van der Waals surface area contributed by atoms with Gasteiger partial charge in [0.1, 0.15) is 0 Å². The summed E-state index contributed by atoms with van der Waals surface area (Å²) in [5.74, 6) is -3.85. The van der Waals surface area contributed by atoms with Crippen LogP contribution in [0.2, 0.25) is 0 Å². The summed E-state index contributed by atoms with van der Waals surface area (Å²) in [6, 6.07) is 0. The van der Waals surface area contributed by atoms with Crippen molar-refractivity contribution in [2.45, 2.75) is 52.4 Å². The molecule has 4 heteroatoms. The molecule has 1 aromatic rings. The van der Waals surface area contributed by atoms with Crippen molar-refractivity contribution < 1.29 is 19.0 Å². The number of halogens is 2. The predicted octanol–water partition coefficient (Wildman–Crippen LogP) is 4.06. The fourth-order valence-corrected chi connectivity index (χ4v) is 2.00. The molecule has 0 heterocycles. The molecule has 0 aliphatic rings. The minimum absolute atomic E-state index is 0.207. The van der Waals surface area contributed by atoms with E-state index in [4.69, 9.17) is 0 Å². The topological polar surface area (TPSA) is 40.5 Å². The van der Waals surface area contributed by atoms with E-state index in [1.807, 2.05) is 13.8 Å². The first-order valence-electron chi connectivity index (χ1n) is 6.45. The lowest BCUT2D eigenvalue weighted by Crippen LogP contribution is -2.03. The molecule has 0 atom stereocenters. The number of hydrogen-bond acceptors (Lipinski definition) is 2. The van der Waals surface area contributed by atoms with Crippen molar-refractivity contribution >= 4 is 0 Å². The van der Waals surface area contributed by atoms with Crippen LogP contribution in [0.15, 0.2) is 0 Å². The van der Waals surface area contributed by atoms with E-state index in [0.29, 0.717) is 18.4 Å². The minimum atomic E-state index is -1.35. The first-order valence-corrected chi connectivity index (χ1v) is 6.45. The molecule has 0 aliphatic heterocycles. The highest BCUT2D eigenvalue weighted by Crippen LogP contribution is 2.38. The molecule has 0 amide bonds. The molecular formula is C14H20F2O2. The van der Waals surface area contributed by atoms with E-state index < -0.39 is 23.1 Å². The largest absolute Gasteiger partial charge is 0.504 e. The Hall–Kier alpha value is -1.32. The lowest BCUT2D eigenvalue weighted by molar-refractivity contribution is 0.357. The van der Waals surface area contributed by atoms with Crippen molar-refractivity contribution in [1.82, 2.24) is 0 Å². The average Bonchev–Trinajstić information content (AvgIpc) is 2.38. The smallest absolute Gasteiger partial charge is 0.204 e. The van der Waals surface area contributed by atoms with E-state index in [1.165, 1.54) is 0 Å². The zero-order chi connectivity index (χ0) is 13.7. The fraction of sp³-hybridized carbons (Fsp3) is 0.571. The molecule has 2 nitrogen and oxygen atoms in total. The lowest BCUT2D eigenvalue weighted by atomic mass is 9.95. The zero-order valence-electron chi connectivity index (χ0n) is 10.9. The Labute approximate surface area is 106 Å². The predicted molar refractivity (Wildman–Crippen MR) is 66.9 cm³/mol. The van der Waals surface area contributed by atoms with Gasteiger partial charge in [-0.3, -0.25) is 0 Å². The van der Waals surface area contributed by atoms with Crippen LogP contribution < -0.4 is 0 Å². The number of rotatable bonds is 6. The van der Waals surface area contributed by atoms with Crippen LogP contribution >= 0.6 is 0 Å². The molecule has 0 saturated carbocycles. The van der Waals surface area contributed by atoms with Gasteiger partial charge in [0.2, 0.25) is 5.82 Å². The van der Waals surface area contributed by atoms with Crippen molar-refractivity contribution in [3.8, 4) is 11.5 Å². The van der Waals surface area contributed by atoms with Crippen LogP contribution in [0.4, 0.5) is 8.78 Å². The Bertz CT molecular complexity index is 378. The van der Waals surface area contributed by atoms with E-state index in [2.05, 4.69) is 0 Å². The van der Waals surface area contributed by atoms with E-state index in [9.17, 15) is 19.0 Å². The number of unbranched alkanes of at least 4 members (excludes halogenated alkanes) is 2. The Morgan fingerprint density at radius 2 is 1.28 bits per heavy atom. The molecule has 0 fully saturated rings. The second-order valence-corrected chi connectivity index (χ2v) is 4.49. The maximum atomic E-state index is 13.8.